The van der Waals surface area contributed by atoms with Crippen LogP contribution in [0, 0.1) is 25.2 Å². The van der Waals surface area contributed by atoms with Crippen molar-refractivity contribution in [1.82, 2.24) is 14.8 Å². The molecule has 2 aromatic heterocycles. The molecule has 1 fully saturated rings. The van der Waals surface area contributed by atoms with Crippen LogP contribution < -0.4 is 5.32 Å². The van der Waals surface area contributed by atoms with E-state index in [2.05, 4.69) is 26.2 Å². The van der Waals surface area contributed by atoms with E-state index in [0.717, 1.165) is 28.4 Å². The fraction of sp³-hybridized carbons (Fsp3) is 0.529. The van der Waals surface area contributed by atoms with E-state index in [0.29, 0.717) is 17.4 Å². The maximum Gasteiger partial charge on any atom is 0.235 e. The second kappa shape index (κ2) is 8.02. The van der Waals surface area contributed by atoms with Gasteiger partial charge in [-0.25, -0.2) is 0 Å². The van der Waals surface area contributed by atoms with Gasteiger partial charge in [0.25, 0.3) is 0 Å². The Bertz CT molecular complexity index is 785. The average Bonchev–Trinajstić information content (AvgIpc) is 3.22. The van der Waals surface area contributed by atoms with Crippen LogP contribution in [0.5, 0.6) is 0 Å². The van der Waals surface area contributed by atoms with E-state index in [4.69, 9.17) is 0 Å². The van der Waals surface area contributed by atoms with Gasteiger partial charge in [0.15, 0.2) is 4.34 Å². The second-order valence-corrected chi connectivity index (χ2v) is 8.30. The van der Waals surface area contributed by atoms with Crippen LogP contribution in [-0.4, -0.2) is 26.4 Å². The third kappa shape index (κ3) is 3.88. The highest BCUT2D eigenvalue weighted by Gasteiger charge is 2.25. The number of nitrogens with zero attached hydrogens (tertiary/aromatic N) is 4. The number of hydrogen-bond acceptors (Lipinski definition) is 6. The molecule has 0 radical (unpaired) electrons. The molecule has 132 valence electrons. The summed E-state index contributed by atoms with van der Waals surface area (Å²) in [4.78, 5) is 12.4. The molecular formula is C17H21N5OS2. The Morgan fingerprint density at radius 3 is 2.84 bits per heavy atom. The van der Waals surface area contributed by atoms with Gasteiger partial charge in [-0.05, 0) is 32.3 Å². The highest BCUT2D eigenvalue weighted by atomic mass is 32.2. The van der Waals surface area contributed by atoms with Gasteiger partial charge >= 0.3 is 0 Å². The largest absolute Gasteiger partial charge is 0.327 e. The minimum atomic E-state index is -0.119. The number of hydrogen-bond donors (Lipinski definition) is 1. The molecule has 0 saturated heterocycles. The highest BCUT2D eigenvalue weighted by molar-refractivity contribution is 8.01. The first-order valence-corrected chi connectivity index (χ1v) is 10.3. The lowest BCUT2D eigenvalue weighted by molar-refractivity contribution is -0.113. The van der Waals surface area contributed by atoms with Gasteiger partial charge in [-0.15, -0.1) is 10.2 Å². The van der Waals surface area contributed by atoms with Gasteiger partial charge in [0.2, 0.25) is 5.91 Å². The summed E-state index contributed by atoms with van der Waals surface area (Å²) in [6.45, 7) is 4.00. The van der Waals surface area contributed by atoms with Crippen molar-refractivity contribution >= 4 is 34.8 Å². The molecule has 0 unspecified atom stereocenters. The summed E-state index contributed by atoms with van der Waals surface area (Å²) in [6.07, 6.45) is 5.86. The smallest absolute Gasteiger partial charge is 0.235 e. The molecule has 3 rings (SSSR count). The number of carbonyl (C=O) groups excluding carboxylic acids is 1. The standard InChI is InChI=1S/C17H21N5OS2/c1-11-12(2)22(13-6-4-3-5-7-13)16(14(11)8-18)20-15(23)9-24-17-21-19-10-25-17/h10,13H,3-7,9H2,1-2H3,(H,20,23). The number of nitriles is 1. The topological polar surface area (TPSA) is 83.6 Å². The van der Waals surface area contributed by atoms with E-state index in [9.17, 15) is 10.1 Å². The minimum Gasteiger partial charge on any atom is -0.327 e. The molecule has 1 aliphatic rings. The predicted molar refractivity (Wildman–Crippen MR) is 100 cm³/mol. The first kappa shape index (κ1) is 18.0. The minimum absolute atomic E-state index is 0.119. The molecule has 2 heterocycles. The van der Waals surface area contributed by atoms with Gasteiger partial charge in [-0.3, -0.25) is 4.79 Å². The lowest BCUT2D eigenvalue weighted by Crippen LogP contribution is -2.21. The molecule has 1 aliphatic carbocycles. The fourth-order valence-corrected chi connectivity index (χ4v) is 4.69. The van der Waals surface area contributed by atoms with E-state index >= 15 is 0 Å². The molecule has 1 N–H and O–H groups in total. The van der Waals surface area contributed by atoms with Crippen LogP contribution in [0.15, 0.2) is 9.85 Å². The number of rotatable bonds is 5. The Labute approximate surface area is 155 Å². The summed E-state index contributed by atoms with van der Waals surface area (Å²) in [5.74, 6) is 0.798. The quantitative estimate of drug-likeness (QED) is 0.797. The zero-order valence-electron chi connectivity index (χ0n) is 14.4. The number of carbonyl (C=O) groups is 1. The lowest BCUT2D eigenvalue weighted by Gasteiger charge is -2.27. The molecule has 0 aliphatic heterocycles. The summed E-state index contributed by atoms with van der Waals surface area (Å²) in [5, 5.41) is 20.3. The van der Waals surface area contributed by atoms with Crippen LogP contribution >= 0.6 is 23.1 Å². The van der Waals surface area contributed by atoms with Crippen LogP contribution in [0.1, 0.15) is 55.0 Å². The Morgan fingerprint density at radius 2 is 2.20 bits per heavy atom. The maximum absolute atomic E-state index is 12.4. The van der Waals surface area contributed by atoms with E-state index in [1.165, 1.54) is 42.4 Å². The number of thioether (sulfide) groups is 1. The molecule has 0 aromatic carbocycles. The van der Waals surface area contributed by atoms with Gasteiger partial charge in [-0.2, -0.15) is 5.26 Å². The van der Waals surface area contributed by atoms with Gasteiger partial charge in [-0.1, -0.05) is 42.4 Å². The monoisotopic (exact) mass is 375 g/mol. The van der Waals surface area contributed by atoms with E-state index in [1.54, 1.807) is 5.51 Å². The lowest BCUT2D eigenvalue weighted by atomic mass is 9.95. The molecule has 0 bridgehead atoms. The van der Waals surface area contributed by atoms with Crippen molar-refractivity contribution in [2.24, 2.45) is 0 Å². The summed E-state index contributed by atoms with van der Waals surface area (Å²) in [5.41, 5.74) is 4.27. The summed E-state index contributed by atoms with van der Waals surface area (Å²) in [6, 6.07) is 2.64. The van der Waals surface area contributed by atoms with E-state index in [1.807, 2.05) is 13.8 Å². The Morgan fingerprint density at radius 1 is 1.44 bits per heavy atom. The van der Waals surface area contributed by atoms with Crippen LogP contribution in [-0.2, 0) is 4.79 Å². The molecule has 25 heavy (non-hydrogen) atoms. The predicted octanol–water partition coefficient (Wildman–Crippen LogP) is 4.06. The third-order valence-corrected chi connectivity index (χ3v) is 6.59. The average molecular weight is 376 g/mol. The maximum atomic E-state index is 12.4. The van der Waals surface area contributed by atoms with Crippen LogP contribution in [0.2, 0.25) is 0 Å². The number of aromatic nitrogens is 3. The molecule has 0 spiro atoms. The van der Waals surface area contributed by atoms with Crippen molar-refractivity contribution < 1.29 is 4.79 Å². The summed E-state index contributed by atoms with van der Waals surface area (Å²) >= 11 is 2.78. The van der Waals surface area contributed by atoms with Crippen molar-refractivity contribution in [3.63, 3.8) is 0 Å². The van der Waals surface area contributed by atoms with Gasteiger partial charge in [0, 0.05) is 11.7 Å². The van der Waals surface area contributed by atoms with Gasteiger partial charge in [0.1, 0.15) is 17.4 Å². The van der Waals surface area contributed by atoms with Crippen molar-refractivity contribution in [1.29, 1.82) is 5.26 Å². The van der Waals surface area contributed by atoms with E-state index < -0.39 is 0 Å². The highest BCUT2D eigenvalue weighted by Crippen LogP contribution is 2.36. The summed E-state index contributed by atoms with van der Waals surface area (Å²) in [7, 11) is 0. The van der Waals surface area contributed by atoms with Crippen molar-refractivity contribution in [2.45, 2.75) is 56.3 Å². The summed E-state index contributed by atoms with van der Waals surface area (Å²) < 4.78 is 2.95. The molecule has 1 amide bonds. The zero-order chi connectivity index (χ0) is 17.8. The number of nitrogens with one attached hydrogen (secondary N) is 1. The number of anilines is 1. The molecule has 0 atom stereocenters. The van der Waals surface area contributed by atoms with Crippen molar-refractivity contribution in [2.75, 3.05) is 11.1 Å². The Kier molecular flexibility index (Phi) is 5.76. The molecule has 1 saturated carbocycles. The van der Waals surface area contributed by atoms with Gasteiger partial charge < -0.3 is 9.88 Å². The number of amides is 1. The molecule has 2 aromatic rings. The zero-order valence-corrected chi connectivity index (χ0v) is 16.0. The molecular weight excluding hydrogens is 354 g/mol. The fourth-order valence-electron chi connectivity index (χ4n) is 3.40. The van der Waals surface area contributed by atoms with Crippen LogP contribution in [0.25, 0.3) is 0 Å². The van der Waals surface area contributed by atoms with Crippen molar-refractivity contribution in [3.05, 3.63) is 22.3 Å². The van der Waals surface area contributed by atoms with Crippen LogP contribution in [0.4, 0.5) is 5.82 Å². The van der Waals surface area contributed by atoms with Crippen LogP contribution in [0.3, 0.4) is 0 Å². The van der Waals surface area contributed by atoms with E-state index in [-0.39, 0.29) is 11.7 Å². The Hall–Kier alpha value is -1.85. The third-order valence-electron chi connectivity index (χ3n) is 4.73. The van der Waals surface area contributed by atoms with Crippen molar-refractivity contribution in [3.8, 4) is 6.07 Å². The molecule has 6 nitrogen and oxygen atoms in total. The second-order valence-electron chi connectivity index (χ2n) is 6.25. The first-order valence-electron chi connectivity index (χ1n) is 8.42. The van der Waals surface area contributed by atoms with Gasteiger partial charge in [0.05, 0.1) is 11.3 Å². The Balaban J connectivity index is 1.82. The first-order chi connectivity index (χ1) is 12.1. The molecule has 8 heteroatoms. The normalized spacial score (nSPS) is 15.1. The SMILES string of the molecule is Cc1c(C#N)c(NC(=O)CSc2nncs2)n(C2CCCCC2)c1C.